The molecule has 2 rings (SSSR count). The molecule has 1 N–H and O–H groups in total. The van der Waals surface area contributed by atoms with Crippen LogP contribution in [0.25, 0.3) is 0 Å². The van der Waals surface area contributed by atoms with Crippen molar-refractivity contribution < 1.29 is 4.79 Å². The van der Waals surface area contributed by atoms with Crippen molar-refractivity contribution in [3.63, 3.8) is 0 Å². The molecule has 4 nitrogen and oxygen atoms in total. The Hall–Kier alpha value is -1.36. The zero-order valence-corrected chi connectivity index (χ0v) is 12.9. The number of rotatable bonds is 6. The molecule has 5 heteroatoms. The van der Waals surface area contributed by atoms with Crippen molar-refractivity contribution in [1.29, 1.82) is 0 Å². The third kappa shape index (κ3) is 5.87. The number of hydrogen-bond acceptors (Lipinski definition) is 3. The molecule has 1 aromatic carbocycles. The summed E-state index contributed by atoms with van der Waals surface area (Å²) in [5, 5.41) is 2.97. The summed E-state index contributed by atoms with van der Waals surface area (Å²) in [6.07, 6.45) is 1.95. The van der Waals surface area contributed by atoms with Gasteiger partial charge in [0.05, 0.1) is 6.54 Å². The van der Waals surface area contributed by atoms with Crippen molar-refractivity contribution >= 4 is 17.5 Å². The van der Waals surface area contributed by atoms with E-state index in [1.807, 2.05) is 36.4 Å². The van der Waals surface area contributed by atoms with E-state index in [0.717, 1.165) is 38.3 Å². The molecule has 114 valence electrons. The highest BCUT2D eigenvalue weighted by molar-refractivity contribution is 6.25. The fourth-order valence-corrected chi connectivity index (χ4v) is 2.45. The molecule has 1 fully saturated rings. The number of carbonyl (C=O) groups is 1. The molecule has 0 bridgehead atoms. The number of piperazine rings is 1. The smallest absolute Gasteiger partial charge is 0.234 e. The van der Waals surface area contributed by atoms with Gasteiger partial charge in [0.2, 0.25) is 5.91 Å². The lowest BCUT2D eigenvalue weighted by Crippen LogP contribution is -2.49. The number of halogens is 1. The number of amides is 1. The van der Waals surface area contributed by atoms with Gasteiger partial charge in [0.25, 0.3) is 0 Å². The van der Waals surface area contributed by atoms with Crippen LogP contribution in [-0.4, -0.2) is 55.0 Å². The number of nitrogens with zero attached hydrogens (tertiary/aromatic N) is 2. The van der Waals surface area contributed by atoms with Gasteiger partial charge in [-0.05, 0) is 5.56 Å². The number of nitrogens with one attached hydrogen (secondary N) is 1. The zero-order chi connectivity index (χ0) is 14.9. The molecule has 0 spiro atoms. The number of carbonyl (C=O) groups excluding carboxylic acids is 1. The van der Waals surface area contributed by atoms with Gasteiger partial charge in [0.15, 0.2) is 0 Å². The molecule has 1 aliphatic heterocycles. The van der Waals surface area contributed by atoms with Crippen LogP contribution in [0.5, 0.6) is 0 Å². The van der Waals surface area contributed by atoms with Crippen molar-refractivity contribution in [3.8, 4) is 0 Å². The van der Waals surface area contributed by atoms with Crippen molar-refractivity contribution in [3.05, 3.63) is 47.5 Å². The fraction of sp³-hybridized carbons (Fsp3) is 0.438. The first-order valence-electron chi connectivity index (χ1n) is 7.28. The molecule has 1 heterocycles. The Kier molecular flexibility index (Phi) is 6.73. The summed E-state index contributed by atoms with van der Waals surface area (Å²) in [4.78, 5) is 16.5. The van der Waals surface area contributed by atoms with Gasteiger partial charge in [-0.15, -0.1) is 0 Å². The van der Waals surface area contributed by atoms with Crippen LogP contribution in [0, 0.1) is 0 Å². The monoisotopic (exact) mass is 307 g/mol. The second-order valence-corrected chi connectivity index (χ2v) is 5.45. The molecule has 1 saturated heterocycles. The summed E-state index contributed by atoms with van der Waals surface area (Å²) < 4.78 is 0. The predicted molar refractivity (Wildman–Crippen MR) is 86.2 cm³/mol. The Labute approximate surface area is 131 Å². The van der Waals surface area contributed by atoms with Gasteiger partial charge in [0.1, 0.15) is 0 Å². The summed E-state index contributed by atoms with van der Waals surface area (Å²) in [6.45, 7) is 5.77. The average Bonchev–Trinajstić information content (AvgIpc) is 2.53. The van der Waals surface area contributed by atoms with Crippen LogP contribution in [0.3, 0.4) is 0 Å². The molecule has 0 aromatic heterocycles. The quantitative estimate of drug-likeness (QED) is 0.868. The molecule has 0 saturated carbocycles. The van der Waals surface area contributed by atoms with Gasteiger partial charge in [-0.1, -0.05) is 48.0 Å². The van der Waals surface area contributed by atoms with Gasteiger partial charge in [0, 0.05) is 44.8 Å². The predicted octanol–water partition coefficient (Wildman–Crippen LogP) is 1.67. The van der Waals surface area contributed by atoms with Crippen molar-refractivity contribution in [2.45, 2.75) is 6.54 Å². The molecule has 21 heavy (non-hydrogen) atoms. The minimum Gasteiger partial charge on any atom is -0.351 e. The van der Waals surface area contributed by atoms with Crippen molar-refractivity contribution in [2.24, 2.45) is 0 Å². The SMILES string of the molecule is O=C(CN1CCN(C/C=C/Cl)CC1)NCc1ccccc1. The lowest BCUT2D eigenvalue weighted by atomic mass is 10.2. The van der Waals surface area contributed by atoms with E-state index >= 15 is 0 Å². The summed E-state index contributed by atoms with van der Waals surface area (Å²) in [5.74, 6) is 0.0907. The van der Waals surface area contributed by atoms with Crippen LogP contribution in [0.4, 0.5) is 0 Å². The number of benzene rings is 1. The average molecular weight is 308 g/mol. The van der Waals surface area contributed by atoms with E-state index in [9.17, 15) is 4.79 Å². The van der Waals surface area contributed by atoms with E-state index in [1.54, 1.807) is 5.54 Å². The molecule has 1 aliphatic rings. The second-order valence-electron chi connectivity index (χ2n) is 5.20. The second kappa shape index (κ2) is 8.82. The van der Waals surface area contributed by atoms with E-state index in [2.05, 4.69) is 15.1 Å². The normalized spacial score (nSPS) is 17.2. The maximum absolute atomic E-state index is 11.9. The van der Waals surface area contributed by atoms with Crippen LogP contribution in [0.15, 0.2) is 41.9 Å². The third-order valence-corrected chi connectivity index (χ3v) is 3.80. The van der Waals surface area contributed by atoms with Gasteiger partial charge >= 0.3 is 0 Å². The molecule has 0 radical (unpaired) electrons. The van der Waals surface area contributed by atoms with E-state index < -0.39 is 0 Å². The summed E-state index contributed by atoms with van der Waals surface area (Å²) >= 11 is 5.53. The number of hydrogen-bond donors (Lipinski definition) is 1. The van der Waals surface area contributed by atoms with Gasteiger partial charge < -0.3 is 5.32 Å². The lowest BCUT2D eigenvalue weighted by Gasteiger charge is -2.33. The first kappa shape index (κ1) is 16.0. The van der Waals surface area contributed by atoms with E-state index in [-0.39, 0.29) is 5.91 Å². The summed E-state index contributed by atoms with van der Waals surface area (Å²) in [7, 11) is 0. The van der Waals surface area contributed by atoms with E-state index in [4.69, 9.17) is 11.6 Å². The molecule has 0 unspecified atom stereocenters. The van der Waals surface area contributed by atoms with Crippen LogP contribution in [0.2, 0.25) is 0 Å². The summed E-state index contributed by atoms with van der Waals surface area (Å²) in [5.41, 5.74) is 2.69. The first-order chi connectivity index (χ1) is 10.3. The van der Waals surface area contributed by atoms with Gasteiger partial charge in [-0.2, -0.15) is 0 Å². The van der Waals surface area contributed by atoms with Crippen LogP contribution in [-0.2, 0) is 11.3 Å². The molecule has 1 aromatic rings. The zero-order valence-electron chi connectivity index (χ0n) is 12.2. The Morgan fingerprint density at radius 2 is 1.81 bits per heavy atom. The van der Waals surface area contributed by atoms with Crippen molar-refractivity contribution in [2.75, 3.05) is 39.3 Å². The van der Waals surface area contributed by atoms with Crippen LogP contribution < -0.4 is 5.32 Å². The van der Waals surface area contributed by atoms with Gasteiger partial charge in [-0.3, -0.25) is 14.6 Å². The van der Waals surface area contributed by atoms with Crippen LogP contribution >= 0.6 is 11.6 Å². The van der Waals surface area contributed by atoms with Gasteiger partial charge in [-0.25, -0.2) is 0 Å². The minimum atomic E-state index is 0.0907. The highest BCUT2D eigenvalue weighted by atomic mass is 35.5. The Morgan fingerprint density at radius 3 is 2.48 bits per heavy atom. The van der Waals surface area contributed by atoms with E-state index in [0.29, 0.717) is 13.1 Å². The Bertz CT molecular complexity index is 456. The van der Waals surface area contributed by atoms with Crippen molar-refractivity contribution in [1.82, 2.24) is 15.1 Å². The molecule has 1 amide bonds. The minimum absolute atomic E-state index is 0.0907. The molecular formula is C16H22ClN3O. The van der Waals surface area contributed by atoms with Crippen LogP contribution in [0.1, 0.15) is 5.56 Å². The Balaban J connectivity index is 1.65. The Morgan fingerprint density at radius 1 is 1.14 bits per heavy atom. The molecule has 0 atom stereocenters. The molecule has 0 aliphatic carbocycles. The lowest BCUT2D eigenvalue weighted by molar-refractivity contribution is -0.122. The van der Waals surface area contributed by atoms with E-state index in [1.165, 1.54) is 0 Å². The maximum atomic E-state index is 11.9. The highest BCUT2D eigenvalue weighted by Crippen LogP contribution is 2.02. The third-order valence-electron chi connectivity index (χ3n) is 3.62. The topological polar surface area (TPSA) is 35.6 Å². The maximum Gasteiger partial charge on any atom is 0.234 e. The standard InChI is InChI=1S/C16H22ClN3O/c17-7-4-8-19-9-11-20(12-10-19)14-16(21)18-13-15-5-2-1-3-6-15/h1-7H,8-14H2,(H,18,21)/b7-4+. The fourth-order valence-electron chi connectivity index (χ4n) is 2.37. The molecular weight excluding hydrogens is 286 g/mol. The first-order valence-corrected chi connectivity index (χ1v) is 7.72. The highest BCUT2D eigenvalue weighted by Gasteiger charge is 2.17. The summed E-state index contributed by atoms with van der Waals surface area (Å²) in [6, 6.07) is 9.98. The largest absolute Gasteiger partial charge is 0.351 e.